The molecule has 2 N–H and O–H groups in total. The van der Waals surface area contributed by atoms with Crippen LogP contribution in [0.4, 0.5) is 0 Å². The zero-order valence-electron chi connectivity index (χ0n) is 10.9. The predicted molar refractivity (Wildman–Crippen MR) is 75.3 cm³/mol. The van der Waals surface area contributed by atoms with E-state index in [1.165, 1.54) is 15.9 Å². The molecule has 3 rings (SSSR count). The molecule has 1 saturated carbocycles. The van der Waals surface area contributed by atoms with Crippen LogP contribution in [0.5, 0.6) is 0 Å². The van der Waals surface area contributed by atoms with E-state index in [4.69, 9.17) is 5.11 Å². The highest BCUT2D eigenvalue weighted by molar-refractivity contribution is 7.16. The van der Waals surface area contributed by atoms with Crippen LogP contribution < -0.4 is 11.2 Å². The smallest absolute Gasteiger partial charge is 0.329 e. The van der Waals surface area contributed by atoms with Crippen molar-refractivity contribution in [1.82, 2.24) is 9.55 Å². The van der Waals surface area contributed by atoms with Gasteiger partial charge in [0.05, 0.1) is 11.3 Å². The molecule has 0 atom stereocenters. The van der Waals surface area contributed by atoms with Crippen molar-refractivity contribution in [1.29, 1.82) is 0 Å². The number of hydrogen-bond donors (Lipinski definition) is 2. The van der Waals surface area contributed by atoms with Crippen LogP contribution >= 0.6 is 11.3 Å². The fourth-order valence-electron chi connectivity index (χ4n) is 2.70. The molecule has 0 saturated heterocycles. The maximum atomic E-state index is 12.4. The third kappa shape index (κ3) is 1.98. The summed E-state index contributed by atoms with van der Waals surface area (Å²) in [6, 6.07) is 0. The normalized spacial score (nSPS) is 21.9. The van der Waals surface area contributed by atoms with E-state index in [0.717, 1.165) is 5.56 Å². The lowest BCUT2D eigenvalue weighted by Crippen LogP contribution is -2.41. The first kappa shape index (κ1) is 13.1. The Kier molecular flexibility index (Phi) is 3.01. The summed E-state index contributed by atoms with van der Waals surface area (Å²) >= 11 is 1.35. The molecule has 0 spiro atoms. The van der Waals surface area contributed by atoms with Crippen molar-refractivity contribution in [3.05, 3.63) is 31.8 Å². The minimum absolute atomic E-state index is 0.0892. The van der Waals surface area contributed by atoms with Gasteiger partial charge in [0, 0.05) is 6.54 Å². The van der Waals surface area contributed by atoms with Gasteiger partial charge in [-0.15, -0.1) is 11.3 Å². The molecule has 7 heteroatoms. The first-order valence-electron chi connectivity index (χ1n) is 6.41. The number of carboxylic acids is 1. The number of carboxylic acid groups (broad SMARTS) is 1. The van der Waals surface area contributed by atoms with Gasteiger partial charge in [0.15, 0.2) is 0 Å². The van der Waals surface area contributed by atoms with E-state index in [9.17, 15) is 14.4 Å². The summed E-state index contributed by atoms with van der Waals surface area (Å²) in [7, 11) is 0. The third-order valence-corrected chi connectivity index (χ3v) is 4.94. The molecule has 1 aliphatic rings. The highest BCUT2D eigenvalue weighted by Gasteiger charge is 2.35. The van der Waals surface area contributed by atoms with Crippen LogP contribution in [-0.4, -0.2) is 20.6 Å². The minimum Gasteiger partial charge on any atom is -0.481 e. The number of thiophene rings is 1. The molecule has 0 bridgehead atoms. The summed E-state index contributed by atoms with van der Waals surface area (Å²) in [5, 5.41) is 11.2. The van der Waals surface area contributed by atoms with Crippen molar-refractivity contribution >= 4 is 27.5 Å². The summed E-state index contributed by atoms with van der Waals surface area (Å²) in [6.45, 7) is 2.13. The maximum absolute atomic E-state index is 12.4. The summed E-state index contributed by atoms with van der Waals surface area (Å²) in [4.78, 5) is 38.4. The molecular formula is C13H14N2O4S. The van der Waals surface area contributed by atoms with Gasteiger partial charge in [-0.25, -0.2) is 4.79 Å². The molecule has 2 aromatic heterocycles. The number of hydrogen-bond acceptors (Lipinski definition) is 4. The van der Waals surface area contributed by atoms with Gasteiger partial charge in [-0.1, -0.05) is 0 Å². The molecule has 2 heterocycles. The molecule has 1 fully saturated rings. The number of rotatable bonds is 3. The monoisotopic (exact) mass is 294 g/mol. The van der Waals surface area contributed by atoms with Crippen molar-refractivity contribution in [2.75, 3.05) is 0 Å². The first-order valence-corrected chi connectivity index (χ1v) is 7.29. The van der Waals surface area contributed by atoms with Crippen LogP contribution in [0, 0.1) is 18.8 Å². The number of aliphatic carboxylic acids is 1. The van der Waals surface area contributed by atoms with Crippen LogP contribution in [0.25, 0.3) is 10.2 Å². The van der Waals surface area contributed by atoms with E-state index < -0.39 is 11.7 Å². The second-order valence-corrected chi connectivity index (χ2v) is 6.22. The molecule has 0 unspecified atom stereocenters. The van der Waals surface area contributed by atoms with Gasteiger partial charge in [0.1, 0.15) is 4.83 Å². The minimum atomic E-state index is -0.799. The summed E-state index contributed by atoms with van der Waals surface area (Å²) in [5.41, 5.74) is 0.168. The lowest BCUT2D eigenvalue weighted by Gasteiger charge is -2.32. The standard InChI is InChI=1S/C13H14N2O4S/c1-6-5-20-10-9(6)11(16)15(13(19)14-10)4-7-2-8(3-7)12(17)18/h5,7-8H,2-4H2,1H3,(H,14,19)(H,17,18). The van der Waals surface area contributed by atoms with Crippen molar-refractivity contribution in [2.24, 2.45) is 11.8 Å². The van der Waals surface area contributed by atoms with E-state index >= 15 is 0 Å². The predicted octanol–water partition coefficient (Wildman–Crippen LogP) is 1.17. The van der Waals surface area contributed by atoms with E-state index in [1.807, 2.05) is 12.3 Å². The van der Waals surface area contributed by atoms with Gasteiger partial charge in [0.25, 0.3) is 5.56 Å². The highest BCUT2D eigenvalue weighted by atomic mass is 32.1. The van der Waals surface area contributed by atoms with Crippen LogP contribution in [0.1, 0.15) is 18.4 Å². The van der Waals surface area contributed by atoms with Gasteiger partial charge >= 0.3 is 11.7 Å². The molecule has 2 aromatic rings. The molecule has 1 aliphatic carbocycles. The molecular weight excluding hydrogens is 280 g/mol. The molecule has 0 aromatic carbocycles. The highest BCUT2D eigenvalue weighted by Crippen LogP contribution is 2.34. The maximum Gasteiger partial charge on any atom is 0.329 e. The van der Waals surface area contributed by atoms with Gasteiger partial charge in [0.2, 0.25) is 0 Å². The van der Waals surface area contributed by atoms with E-state index in [0.29, 0.717) is 29.6 Å². The largest absolute Gasteiger partial charge is 0.481 e. The Morgan fingerprint density at radius 2 is 2.20 bits per heavy atom. The molecule has 6 nitrogen and oxygen atoms in total. The van der Waals surface area contributed by atoms with E-state index in [2.05, 4.69) is 4.98 Å². The summed E-state index contributed by atoms with van der Waals surface area (Å²) < 4.78 is 1.20. The third-order valence-electron chi connectivity index (χ3n) is 3.93. The number of aromatic amines is 1. The number of fused-ring (bicyclic) bond motifs is 1. The van der Waals surface area contributed by atoms with Crippen molar-refractivity contribution < 1.29 is 9.90 Å². The Morgan fingerprint density at radius 3 is 2.85 bits per heavy atom. The number of carbonyl (C=O) groups is 1. The molecule has 0 aliphatic heterocycles. The van der Waals surface area contributed by atoms with E-state index in [-0.39, 0.29) is 17.4 Å². The average molecular weight is 294 g/mol. The van der Waals surface area contributed by atoms with Crippen molar-refractivity contribution in [3.63, 3.8) is 0 Å². The number of aryl methyl sites for hydroxylation is 1. The first-order chi connectivity index (χ1) is 9.47. The summed E-state index contributed by atoms with van der Waals surface area (Å²) in [6.07, 6.45) is 1.06. The van der Waals surface area contributed by atoms with E-state index in [1.54, 1.807) is 0 Å². The van der Waals surface area contributed by atoms with Gasteiger partial charge in [-0.2, -0.15) is 0 Å². The van der Waals surface area contributed by atoms with Crippen LogP contribution in [0.2, 0.25) is 0 Å². The second kappa shape index (κ2) is 4.59. The number of aromatic nitrogens is 2. The number of H-pyrrole nitrogens is 1. The topological polar surface area (TPSA) is 92.2 Å². The molecule has 0 amide bonds. The lowest BCUT2D eigenvalue weighted by molar-refractivity contribution is -0.146. The fraction of sp³-hybridized carbons (Fsp3) is 0.462. The SMILES string of the molecule is Cc1csc2[nH]c(=O)n(CC3CC(C(=O)O)C3)c(=O)c12. The zero-order chi connectivity index (χ0) is 14.4. The Balaban J connectivity index is 1.93. The van der Waals surface area contributed by atoms with Gasteiger partial charge in [-0.05, 0) is 36.6 Å². The summed E-state index contributed by atoms with van der Waals surface area (Å²) in [5.74, 6) is -1.04. The van der Waals surface area contributed by atoms with Gasteiger partial charge in [-0.3, -0.25) is 19.1 Å². The van der Waals surface area contributed by atoms with Crippen LogP contribution in [-0.2, 0) is 11.3 Å². The molecule has 20 heavy (non-hydrogen) atoms. The van der Waals surface area contributed by atoms with Crippen molar-refractivity contribution in [3.8, 4) is 0 Å². The van der Waals surface area contributed by atoms with Crippen LogP contribution in [0.15, 0.2) is 15.0 Å². The Morgan fingerprint density at radius 1 is 1.50 bits per heavy atom. The Labute approximate surface area is 117 Å². The van der Waals surface area contributed by atoms with Gasteiger partial charge < -0.3 is 5.11 Å². The number of nitrogens with one attached hydrogen (secondary N) is 1. The zero-order valence-corrected chi connectivity index (χ0v) is 11.7. The molecule has 0 radical (unpaired) electrons. The van der Waals surface area contributed by atoms with Crippen molar-refractivity contribution in [2.45, 2.75) is 26.3 Å². The Bertz CT molecular complexity index is 795. The average Bonchev–Trinajstić information content (AvgIpc) is 2.67. The Hall–Kier alpha value is -1.89. The van der Waals surface area contributed by atoms with Crippen LogP contribution in [0.3, 0.4) is 0 Å². The molecule has 106 valence electrons. The lowest BCUT2D eigenvalue weighted by atomic mass is 9.75. The quantitative estimate of drug-likeness (QED) is 0.888. The second-order valence-electron chi connectivity index (χ2n) is 5.34. The number of nitrogens with zero attached hydrogens (tertiary/aromatic N) is 1. The fourth-order valence-corrected chi connectivity index (χ4v) is 3.63.